The Balaban J connectivity index is 0.000000122. The highest BCUT2D eigenvalue weighted by Crippen LogP contribution is 2.25. The molecule has 0 bridgehead atoms. The van der Waals surface area contributed by atoms with Crippen molar-refractivity contribution in [2.24, 2.45) is 0 Å². The van der Waals surface area contributed by atoms with E-state index in [1.54, 1.807) is 0 Å². The molecule has 0 amide bonds. The summed E-state index contributed by atoms with van der Waals surface area (Å²) in [6, 6.07) is 25.1. The fourth-order valence-electron chi connectivity index (χ4n) is 3.09. The summed E-state index contributed by atoms with van der Waals surface area (Å²) in [7, 11) is 0. The minimum atomic E-state index is 1.02. The Kier molecular flexibility index (Phi) is 3.75. The number of hydrogen-bond donors (Lipinski definition) is 1. The Morgan fingerprint density at radius 2 is 1.48 bits per heavy atom. The van der Waals surface area contributed by atoms with Crippen LogP contribution in [0.2, 0.25) is 0 Å². The molecule has 23 heavy (non-hydrogen) atoms. The van der Waals surface area contributed by atoms with Crippen molar-refractivity contribution in [2.45, 2.75) is 13.1 Å². The number of hydrogen-bond acceptors (Lipinski definition) is 2. The number of aromatic nitrogens is 1. The molecule has 1 aliphatic heterocycles. The van der Waals surface area contributed by atoms with Crippen molar-refractivity contribution in [1.29, 1.82) is 0 Å². The number of fused-ring (bicyclic) bond motifs is 4. The van der Waals surface area contributed by atoms with Crippen LogP contribution in [0.15, 0.2) is 79.0 Å². The van der Waals surface area contributed by atoms with Gasteiger partial charge in [-0.25, -0.2) is 0 Å². The summed E-state index contributed by atoms with van der Waals surface area (Å²) in [5.41, 5.74) is 4.00. The Morgan fingerprint density at radius 3 is 2.39 bits per heavy atom. The van der Waals surface area contributed by atoms with Gasteiger partial charge in [0.15, 0.2) is 0 Å². The third-order valence-electron chi connectivity index (χ3n) is 4.27. The summed E-state index contributed by atoms with van der Waals surface area (Å²) in [6.07, 6.45) is 1.81. The van der Waals surface area contributed by atoms with Crippen LogP contribution in [0, 0.1) is 0 Å². The van der Waals surface area contributed by atoms with Gasteiger partial charge in [0.2, 0.25) is 0 Å². The summed E-state index contributed by atoms with van der Waals surface area (Å²) in [5.74, 6) is 0. The first-order valence-electron chi connectivity index (χ1n) is 7.92. The zero-order valence-electron chi connectivity index (χ0n) is 12.9. The van der Waals surface area contributed by atoms with Crippen molar-refractivity contribution in [1.82, 2.24) is 10.3 Å². The van der Waals surface area contributed by atoms with Crippen molar-refractivity contribution in [3.63, 3.8) is 0 Å². The van der Waals surface area contributed by atoms with Crippen LogP contribution in [0.1, 0.15) is 11.1 Å². The lowest BCUT2D eigenvalue weighted by Gasteiger charge is -2.03. The minimum Gasteiger partial charge on any atom is -0.309 e. The fourth-order valence-corrected chi connectivity index (χ4v) is 3.09. The van der Waals surface area contributed by atoms with Gasteiger partial charge in [0.05, 0.1) is 5.52 Å². The maximum atomic E-state index is 4.18. The topological polar surface area (TPSA) is 24.9 Å². The number of benzene rings is 3. The van der Waals surface area contributed by atoms with E-state index >= 15 is 0 Å². The van der Waals surface area contributed by atoms with Crippen LogP contribution in [-0.2, 0) is 13.1 Å². The monoisotopic (exact) mass is 298 g/mol. The largest absolute Gasteiger partial charge is 0.309 e. The zero-order valence-corrected chi connectivity index (χ0v) is 12.9. The van der Waals surface area contributed by atoms with Gasteiger partial charge in [-0.1, -0.05) is 60.7 Å². The molecule has 1 aromatic heterocycles. The second kappa shape index (κ2) is 6.19. The molecule has 1 aliphatic rings. The van der Waals surface area contributed by atoms with Crippen molar-refractivity contribution in [3.8, 4) is 0 Å². The van der Waals surface area contributed by atoms with Crippen LogP contribution in [0.4, 0.5) is 0 Å². The smallest absolute Gasteiger partial charge is 0.0701 e. The molecule has 0 saturated heterocycles. The Hall–Kier alpha value is -2.71. The highest BCUT2D eigenvalue weighted by molar-refractivity contribution is 5.87. The molecule has 2 heteroatoms. The summed E-state index contributed by atoms with van der Waals surface area (Å²) in [4.78, 5) is 4.18. The predicted molar refractivity (Wildman–Crippen MR) is 96.2 cm³/mol. The van der Waals surface area contributed by atoms with Gasteiger partial charge in [-0.3, -0.25) is 4.98 Å². The molecule has 112 valence electrons. The summed E-state index contributed by atoms with van der Waals surface area (Å²) >= 11 is 0. The lowest BCUT2D eigenvalue weighted by atomic mass is 10.0. The van der Waals surface area contributed by atoms with E-state index < -0.39 is 0 Å². The lowest BCUT2D eigenvalue weighted by molar-refractivity contribution is 0.766. The molecule has 5 rings (SSSR count). The van der Waals surface area contributed by atoms with E-state index in [0.29, 0.717) is 0 Å². The van der Waals surface area contributed by atoms with E-state index in [1.165, 1.54) is 27.3 Å². The molecule has 0 saturated carbocycles. The van der Waals surface area contributed by atoms with Crippen molar-refractivity contribution in [3.05, 3.63) is 90.1 Å². The summed E-state index contributed by atoms with van der Waals surface area (Å²) in [5, 5.41) is 7.34. The van der Waals surface area contributed by atoms with Crippen LogP contribution < -0.4 is 5.32 Å². The van der Waals surface area contributed by atoms with Crippen LogP contribution in [0.25, 0.3) is 21.7 Å². The van der Waals surface area contributed by atoms with Gasteiger partial charge in [0.1, 0.15) is 0 Å². The molecule has 0 fully saturated rings. The second-order valence-corrected chi connectivity index (χ2v) is 5.72. The highest BCUT2D eigenvalue weighted by Gasteiger charge is 2.11. The molecule has 0 radical (unpaired) electrons. The van der Waals surface area contributed by atoms with E-state index in [2.05, 4.69) is 58.8 Å². The third-order valence-corrected chi connectivity index (χ3v) is 4.27. The number of pyridine rings is 1. The average molecular weight is 298 g/mol. The van der Waals surface area contributed by atoms with Gasteiger partial charge in [0.25, 0.3) is 0 Å². The number of nitrogens with zero attached hydrogens (tertiary/aromatic N) is 1. The molecule has 0 unspecified atom stereocenters. The van der Waals surface area contributed by atoms with E-state index in [9.17, 15) is 0 Å². The van der Waals surface area contributed by atoms with Gasteiger partial charge in [0, 0.05) is 24.7 Å². The molecule has 4 aromatic rings. The number of rotatable bonds is 0. The van der Waals surface area contributed by atoms with Gasteiger partial charge in [-0.05, 0) is 34.0 Å². The molecule has 3 aromatic carbocycles. The quantitative estimate of drug-likeness (QED) is 0.510. The molecule has 1 N–H and O–H groups in total. The maximum Gasteiger partial charge on any atom is 0.0701 e. The van der Waals surface area contributed by atoms with Crippen molar-refractivity contribution in [2.75, 3.05) is 0 Å². The summed E-state index contributed by atoms with van der Waals surface area (Å²) < 4.78 is 0. The first-order chi connectivity index (χ1) is 11.4. The normalized spacial score (nSPS) is 12.7. The molecule has 0 spiro atoms. The first kappa shape index (κ1) is 13.9. The Bertz CT molecular complexity index is 894. The van der Waals surface area contributed by atoms with Crippen LogP contribution in [0.3, 0.4) is 0 Å². The van der Waals surface area contributed by atoms with Gasteiger partial charge in [-0.15, -0.1) is 0 Å². The molecular formula is C21H18N2. The zero-order chi connectivity index (χ0) is 15.5. The van der Waals surface area contributed by atoms with E-state index in [0.717, 1.165) is 18.6 Å². The Morgan fingerprint density at radius 1 is 0.696 bits per heavy atom. The lowest BCUT2D eigenvalue weighted by Crippen LogP contribution is -2.00. The third kappa shape index (κ3) is 2.81. The SMILES string of the molecule is c1ccc2c3c(ccc2c1)CNC3.c1ccc2ncccc2c1. The van der Waals surface area contributed by atoms with Gasteiger partial charge < -0.3 is 5.32 Å². The maximum absolute atomic E-state index is 4.18. The highest BCUT2D eigenvalue weighted by atomic mass is 14.9. The van der Waals surface area contributed by atoms with E-state index in [-0.39, 0.29) is 0 Å². The molecule has 2 nitrogen and oxygen atoms in total. The fraction of sp³-hybridized carbons (Fsp3) is 0.0952. The van der Waals surface area contributed by atoms with Crippen LogP contribution in [0.5, 0.6) is 0 Å². The molecule has 0 aliphatic carbocycles. The average Bonchev–Trinajstić information content (AvgIpc) is 3.12. The summed E-state index contributed by atoms with van der Waals surface area (Å²) in [6.45, 7) is 2.05. The van der Waals surface area contributed by atoms with E-state index in [4.69, 9.17) is 0 Å². The van der Waals surface area contributed by atoms with Crippen LogP contribution >= 0.6 is 0 Å². The number of para-hydroxylation sites is 1. The van der Waals surface area contributed by atoms with Gasteiger partial charge in [-0.2, -0.15) is 0 Å². The predicted octanol–water partition coefficient (Wildman–Crippen LogP) is 4.68. The Labute approximate surface area is 135 Å². The standard InChI is InChI=1S/C12H11N.C9H7N/c1-2-4-11-9(3-1)5-6-10-7-13-8-12(10)11;1-2-6-9-8(4-1)5-3-7-10-9/h1-6,13H,7-8H2;1-7H. The van der Waals surface area contributed by atoms with Crippen LogP contribution in [-0.4, -0.2) is 4.98 Å². The minimum absolute atomic E-state index is 1.02. The van der Waals surface area contributed by atoms with Crippen molar-refractivity contribution >= 4 is 21.7 Å². The molecular weight excluding hydrogens is 280 g/mol. The molecule has 2 heterocycles. The first-order valence-corrected chi connectivity index (χ1v) is 7.92. The van der Waals surface area contributed by atoms with Crippen molar-refractivity contribution < 1.29 is 0 Å². The van der Waals surface area contributed by atoms with E-state index in [1.807, 2.05) is 30.5 Å². The van der Waals surface area contributed by atoms with Gasteiger partial charge >= 0.3 is 0 Å². The molecule has 0 atom stereocenters. The second-order valence-electron chi connectivity index (χ2n) is 5.72. The number of nitrogens with one attached hydrogen (secondary N) is 1.